The van der Waals surface area contributed by atoms with Crippen LogP contribution in [0, 0.1) is 29.1 Å². The third kappa shape index (κ3) is 2.06. The van der Waals surface area contributed by atoms with E-state index in [4.69, 9.17) is 9.47 Å². The van der Waals surface area contributed by atoms with Crippen LogP contribution in [0.2, 0.25) is 0 Å². The zero-order chi connectivity index (χ0) is 15.7. The third-order valence-electron chi connectivity index (χ3n) is 8.21. The average Bonchev–Trinajstić information content (AvgIpc) is 3.12. The van der Waals surface area contributed by atoms with Gasteiger partial charge in [-0.1, -0.05) is 18.6 Å². The molecule has 1 heterocycles. The van der Waals surface area contributed by atoms with E-state index in [9.17, 15) is 5.11 Å². The minimum absolute atomic E-state index is 0.0614. The Balaban J connectivity index is 1.41. The van der Waals surface area contributed by atoms with Crippen molar-refractivity contribution in [3.63, 3.8) is 0 Å². The lowest BCUT2D eigenvalue weighted by molar-refractivity contribution is -0.176. The Morgan fingerprint density at radius 2 is 1.87 bits per heavy atom. The summed E-state index contributed by atoms with van der Waals surface area (Å²) in [7, 11) is 0. The van der Waals surface area contributed by atoms with Crippen LogP contribution in [0.25, 0.3) is 0 Å². The lowest BCUT2D eigenvalue weighted by Gasteiger charge is -2.53. The van der Waals surface area contributed by atoms with Gasteiger partial charge in [-0.25, -0.2) is 0 Å². The van der Waals surface area contributed by atoms with Crippen LogP contribution >= 0.6 is 0 Å². The van der Waals surface area contributed by atoms with Crippen molar-refractivity contribution in [2.45, 2.75) is 70.2 Å². The zero-order valence-electron chi connectivity index (χ0n) is 14.3. The summed E-state index contributed by atoms with van der Waals surface area (Å²) in [5, 5.41) is 10.5. The number of hydrogen-bond donors (Lipinski definition) is 1. The second-order valence-electron chi connectivity index (χ2n) is 9.02. The van der Waals surface area contributed by atoms with Crippen molar-refractivity contribution in [1.82, 2.24) is 0 Å². The van der Waals surface area contributed by atoms with E-state index in [2.05, 4.69) is 13.0 Å². The summed E-state index contributed by atoms with van der Waals surface area (Å²) in [5.74, 6) is 2.87. The zero-order valence-corrected chi connectivity index (χ0v) is 14.3. The highest BCUT2D eigenvalue weighted by Crippen LogP contribution is 2.62. The number of allylic oxidation sites excluding steroid dienone is 1. The van der Waals surface area contributed by atoms with Crippen LogP contribution in [0.4, 0.5) is 0 Å². The molecule has 0 aromatic rings. The molecule has 3 heteroatoms. The Hall–Kier alpha value is -0.380. The SMILES string of the molecule is C[C@]12CC[C@H]3[C@H](CC=C4CC5(CC[C@H]43)OCCO5)[C@H]1CC[C@@H]2O. The van der Waals surface area contributed by atoms with Gasteiger partial charge in [-0.05, 0) is 67.6 Å². The molecule has 4 fully saturated rings. The summed E-state index contributed by atoms with van der Waals surface area (Å²) in [6.07, 6.45) is 11.8. The molecule has 5 aliphatic rings. The molecule has 0 radical (unpaired) electrons. The number of fused-ring (bicyclic) bond motifs is 5. The van der Waals surface area contributed by atoms with Gasteiger partial charge in [0, 0.05) is 12.8 Å². The Kier molecular flexibility index (Phi) is 3.28. The minimum atomic E-state index is -0.276. The van der Waals surface area contributed by atoms with E-state index in [1.165, 1.54) is 32.1 Å². The van der Waals surface area contributed by atoms with Crippen LogP contribution in [-0.2, 0) is 9.47 Å². The molecule has 5 rings (SSSR count). The molecule has 23 heavy (non-hydrogen) atoms. The first-order chi connectivity index (χ1) is 11.1. The van der Waals surface area contributed by atoms with Gasteiger partial charge in [0.1, 0.15) is 0 Å². The highest BCUT2D eigenvalue weighted by molar-refractivity contribution is 5.21. The van der Waals surface area contributed by atoms with Gasteiger partial charge in [0.05, 0.1) is 19.3 Å². The van der Waals surface area contributed by atoms with E-state index < -0.39 is 0 Å². The first-order valence-corrected chi connectivity index (χ1v) is 9.76. The lowest BCUT2D eigenvalue weighted by Crippen LogP contribution is -2.48. The average molecular weight is 318 g/mol. The molecule has 0 aromatic heterocycles. The fourth-order valence-corrected chi connectivity index (χ4v) is 6.96. The molecule has 128 valence electrons. The summed E-state index contributed by atoms with van der Waals surface area (Å²) in [5.41, 5.74) is 1.82. The molecule has 0 aromatic carbocycles. The molecule has 1 N–H and O–H groups in total. The standard InChI is InChI=1S/C20H30O3/c1-19-8-6-15-14-7-9-20(22-10-11-23-20)12-13(14)2-3-16(15)17(19)4-5-18(19)21/h2,14-18,21H,3-12H2,1H3/t14-,15-,16+,17-,18+,19+/m1/s1. The summed E-state index contributed by atoms with van der Waals surface area (Å²) >= 11 is 0. The quantitative estimate of drug-likeness (QED) is 0.693. The van der Waals surface area contributed by atoms with Gasteiger partial charge in [-0.3, -0.25) is 0 Å². The lowest BCUT2D eigenvalue weighted by atomic mass is 9.52. The predicted octanol–water partition coefficient (Wildman–Crippen LogP) is 3.66. The van der Waals surface area contributed by atoms with Crippen LogP contribution in [0.15, 0.2) is 11.6 Å². The maximum absolute atomic E-state index is 10.5. The van der Waals surface area contributed by atoms with E-state index in [0.29, 0.717) is 0 Å². The first-order valence-electron chi connectivity index (χ1n) is 9.76. The summed E-state index contributed by atoms with van der Waals surface area (Å²) in [4.78, 5) is 0. The molecule has 1 saturated heterocycles. The van der Waals surface area contributed by atoms with Crippen molar-refractivity contribution >= 4 is 0 Å². The monoisotopic (exact) mass is 318 g/mol. The molecule has 3 saturated carbocycles. The Morgan fingerprint density at radius 1 is 1.04 bits per heavy atom. The molecular weight excluding hydrogens is 288 g/mol. The van der Waals surface area contributed by atoms with Crippen molar-refractivity contribution in [3.8, 4) is 0 Å². The van der Waals surface area contributed by atoms with Gasteiger partial charge in [0.15, 0.2) is 5.79 Å². The van der Waals surface area contributed by atoms with E-state index in [1.807, 2.05) is 0 Å². The molecule has 0 amide bonds. The Morgan fingerprint density at radius 3 is 2.70 bits per heavy atom. The number of ether oxygens (including phenoxy) is 2. The van der Waals surface area contributed by atoms with E-state index in [0.717, 1.165) is 56.1 Å². The molecular formula is C20H30O3. The molecule has 3 nitrogen and oxygen atoms in total. The van der Waals surface area contributed by atoms with Crippen molar-refractivity contribution in [1.29, 1.82) is 0 Å². The molecule has 1 spiro atoms. The molecule has 1 aliphatic heterocycles. The summed E-state index contributed by atoms with van der Waals surface area (Å²) in [6.45, 7) is 3.89. The molecule has 4 aliphatic carbocycles. The minimum Gasteiger partial charge on any atom is -0.393 e. The Labute approximate surface area is 139 Å². The normalized spacial score (nSPS) is 51.0. The largest absolute Gasteiger partial charge is 0.393 e. The van der Waals surface area contributed by atoms with Gasteiger partial charge in [0.25, 0.3) is 0 Å². The van der Waals surface area contributed by atoms with Crippen molar-refractivity contribution < 1.29 is 14.6 Å². The number of rotatable bonds is 0. The molecule has 0 unspecified atom stereocenters. The maximum atomic E-state index is 10.5. The van der Waals surface area contributed by atoms with E-state index in [1.54, 1.807) is 5.57 Å². The Bertz CT molecular complexity index is 521. The topological polar surface area (TPSA) is 38.7 Å². The van der Waals surface area contributed by atoms with Crippen molar-refractivity contribution in [3.05, 3.63) is 11.6 Å². The van der Waals surface area contributed by atoms with Crippen LogP contribution in [0.1, 0.15) is 58.3 Å². The van der Waals surface area contributed by atoms with Crippen LogP contribution in [0.5, 0.6) is 0 Å². The van der Waals surface area contributed by atoms with Gasteiger partial charge in [-0.2, -0.15) is 0 Å². The fourth-order valence-electron chi connectivity index (χ4n) is 6.96. The first kappa shape index (κ1) is 14.9. The van der Waals surface area contributed by atoms with Crippen LogP contribution in [-0.4, -0.2) is 30.2 Å². The van der Waals surface area contributed by atoms with Gasteiger partial charge in [-0.15, -0.1) is 0 Å². The van der Waals surface area contributed by atoms with Crippen molar-refractivity contribution in [2.24, 2.45) is 29.1 Å². The highest BCUT2D eigenvalue weighted by Gasteiger charge is 2.56. The van der Waals surface area contributed by atoms with E-state index >= 15 is 0 Å². The summed E-state index contributed by atoms with van der Waals surface area (Å²) in [6, 6.07) is 0. The second kappa shape index (κ2) is 5.06. The smallest absolute Gasteiger partial charge is 0.172 e. The van der Waals surface area contributed by atoms with E-state index in [-0.39, 0.29) is 17.3 Å². The molecule has 6 atom stereocenters. The number of hydrogen-bond acceptors (Lipinski definition) is 3. The fraction of sp³-hybridized carbons (Fsp3) is 0.900. The van der Waals surface area contributed by atoms with Gasteiger partial charge >= 0.3 is 0 Å². The van der Waals surface area contributed by atoms with Gasteiger partial charge in [0.2, 0.25) is 0 Å². The number of aliphatic hydroxyl groups excluding tert-OH is 1. The second-order valence-corrected chi connectivity index (χ2v) is 9.02. The van der Waals surface area contributed by atoms with Gasteiger partial charge < -0.3 is 14.6 Å². The maximum Gasteiger partial charge on any atom is 0.172 e. The van der Waals surface area contributed by atoms with Crippen LogP contribution < -0.4 is 0 Å². The highest BCUT2D eigenvalue weighted by atomic mass is 16.7. The van der Waals surface area contributed by atoms with Crippen LogP contribution in [0.3, 0.4) is 0 Å². The van der Waals surface area contributed by atoms with Crippen molar-refractivity contribution in [2.75, 3.05) is 13.2 Å². The summed E-state index contributed by atoms with van der Waals surface area (Å²) < 4.78 is 11.9. The molecule has 0 bridgehead atoms. The predicted molar refractivity (Wildman–Crippen MR) is 87.7 cm³/mol. The third-order valence-corrected chi connectivity index (χ3v) is 8.21. The number of aliphatic hydroxyl groups is 1.